The van der Waals surface area contributed by atoms with Gasteiger partial charge in [0.2, 0.25) is 0 Å². The molecule has 124 valence electrons. The van der Waals surface area contributed by atoms with E-state index in [0.717, 1.165) is 0 Å². The van der Waals surface area contributed by atoms with Crippen LogP contribution in [0.25, 0.3) is 0 Å². The van der Waals surface area contributed by atoms with E-state index in [-0.39, 0.29) is 12.4 Å². The quantitative estimate of drug-likeness (QED) is 0.624. The molecule has 2 rings (SSSR count). The summed E-state index contributed by atoms with van der Waals surface area (Å²) in [5.74, 6) is -0.820. The van der Waals surface area contributed by atoms with Gasteiger partial charge in [0.15, 0.2) is 19.0 Å². The first kappa shape index (κ1) is 17.2. The first-order valence-electron chi connectivity index (χ1n) is 7.29. The largest absolute Gasteiger partial charge is 0.482 e. The van der Waals surface area contributed by atoms with Gasteiger partial charge in [-0.15, -0.1) is 0 Å². The van der Waals surface area contributed by atoms with Gasteiger partial charge < -0.3 is 14.8 Å². The number of anilines is 1. The Morgan fingerprint density at radius 3 is 2.29 bits per heavy atom. The first-order valence-corrected chi connectivity index (χ1v) is 7.29. The second-order valence-corrected chi connectivity index (χ2v) is 4.91. The zero-order valence-electron chi connectivity index (χ0n) is 13.2. The molecule has 0 aromatic heterocycles. The molecule has 0 fully saturated rings. The van der Waals surface area contributed by atoms with E-state index in [4.69, 9.17) is 9.47 Å². The molecule has 6 nitrogen and oxygen atoms in total. The van der Waals surface area contributed by atoms with Crippen LogP contribution in [-0.4, -0.2) is 30.9 Å². The van der Waals surface area contributed by atoms with Crippen LogP contribution >= 0.6 is 0 Å². The Hall–Kier alpha value is -3.15. The molecule has 0 saturated carbocycles. The van der Waals surface area contributed by atoms with Gasteiger partial charge in [-0.3, -0.25) is 9.59 Å². The lowest BCUT2D eigenvalue weighted by Crippen LogP contribution is -2.24. The van der Waals surface area contributed by atoms with E-state index < -0.39 is 18.5 Å². The number of para-hydroxylation sites is 2. The molecule has 1 N–H and O–H groups in total. The number of ether oxygens (including phenoxy) is 2. The van der Waals surface area contributed by atoms with Gasteiger partial charge in [0.1, 0.15) is 5.75 Å². The van der Waals surface area contributed by atoms with E-state index in [9.17, 15) is 14.4 Å². The van der Waals surface area contributed by atoms with Crippen LogP contribution in [0.4, 0.5) is 5.69 Å². The minimum Gasteiger partial charge on any atom is -0.482 e. The third kappa shape index (κ3) is 5.24. The Morgan fingerprint density at radius 1 is 0.917 bits per heavy atom. The van der Waals surface area contributed by atoms with Crippen LogP contribution < -0.4 is 10.1 Å². The molecular weight excluding hydrogens is 310 g/mol. The molecule has 0 bridgehead atoms. The number of hydrogen-bond acceptors (Lipinski definition) is 5. The Kier molecular flexibility index (Phi) is 6.08. The summed E-state index contributed by atoms with van der Waals surface area (Å²) in [5.41, 5.74) is 0.774. The number of Topliss-reactive ketones (excluding diaryl/α,β-unsaturated/α-hetero) is 1. The molecule has 0 saturated heterocycles. The highest BCUT2D eigenvalue weighted by Crippen LogP contribution is 2.15. The highest BCUT2D eigenvalue weighted by molar-refractivity contribution is 6.04. The number of amides is 1. The molecule has 24 heavy (non-hydrogen) atoms. The molecule has 0 radical (unpaired) electrons. The van der Waals surface area contributed by atoms with Crippen molar-refractivity contribution < 1.29 is 23.9 Å². The van der Waals surface area contributed by atoms with Gasteiger partial charge in [0, 0.05) is 5.56 Å². The molecule has 2 aromatic carbocycles. The molecule has 6 heteroatoms. The predicted octanol–water partition coefficient (Wildman–Crippen LogP) is 2.45. The van der Waals surface area contributed by atoms with Crippen LogP contribution in [0.2, 0.25) is 0 Å². The molecule has 0 aliphatic carbocycles. The topological polar surface area (TPSA) is 81.7 Å². The van der Waals surface area contributed by atoms with Crippen molar-refractivity contribution in [2.24, 2.45) is 0 Å². The maximum atomic E-state index is 11.8. The number of carbonyl (C=O) groups is 3. The summed E-state index contributed by atoms with van der Waals surface area (Å²) in [6.45, 7) is 0.663. The van der Waals surface area contributed by atoms with E-state index >= 15 is 0 Å². The lowest BCUT2D eigenvalue weighted by Gasteiger charge is -2.10. The molecule has 0 unspecified atom stereocenters. The summed E-state index contributed by atoms with van der Waals surface area (Å²) < 4.78 is 10.1. The van der Waals surface area contributed by atoms with Gasteiger partial charge in [0.25, 0.3) is 5.91 Å². The van der Waals surface area contributed by atoms with Crippen molar-refractivity contribution in [3.63, 3.8) is 0 Å². The van der Waals surface area contributed by atoms with Gasteiger partial charge in [-0.05, 0) is 31.2 Å². The average molecular weight is 327 g/mol. The maximum Gasteiger partial charge on any atom is 0.344 e. The SMILES string of the molecule is CC(=O)c1ccccc1NC(=O)COC(=O)COc1ccccc1. The van der Waals surface area contributed by atoms with Crippen molar-refractivity contribution in [1.29, 1.82) is 0 Å². The molecular formula is C18H17NO5. The summed E-state index contributed by atoms with van der Waals surface area (Å²) in [6.07, 6.45) is 0. The Morgan fingerprint density at radius 2 is 1.58 bits per heavy atom. The van der Waals surface area contributed by atoms with Crippen molar-refractivity contribution >= 4 is 23.3 Å². The minimum absolute atomic E-state index is 0.167. The van der Waals surface area contributed by atoms with Crippen LogP contribution in [-0.2, 0) is 14.3 Å². The summed E-state index contributed by atoms with van der Waals surface area (Å²) in [4.78, 5) is 34.9. The molecule has 0 spiro atoms. The van der Waals surface area contributed by atoms with Crippen LogP contribution in [0.1, 0.15) is 17.3 Å². The Bertz CT molecular complexity index is 727. The molecule has 1 amide bonds. The molecule has 0 aliphatic heterocycles. The van der Waals surface area contributed by atoms with Gasteiger partial charge in [-0.1, -0.05) is 30.3 Å². The number of nitrogens with one attached hydrogen (secondary N) is 1. The number of hydrogen-bond donors (Lipinski definition) is 1. The summed E-state index contributed by atoms with van der Waals surface area (Å²) >= 11 is 0. The number of benzene rings is 2. The number of esters is 1. The fraction of sp³-hybridized carbons (Fsp3) is 0.167. The van der Waals surface area contributed by atoms with Crippen molar-refractivity contribution in [1.82, 2.24) is 0 Å². The van der Waals surface area contributed by atoms with Crippen molar-refractivity contribution in [3.05, 3.63) is 60.2 Å². The lowest BCUT2D eigenvalue weighted by molar-refractivity contribution is -0.149. The molecule has 0 heterocycles. The lowest BCUT2D eigenvalue weighted by atomic mass is 10.1. The molecule has 0 aliphatic rings. The first-order chi connectivity index (χ1) is 11.6. The van der Waals surface area contributed by atoms with E-state index in [0.29, 0.717) is 17.0 Å². The second-order valence-electron chi connectivity index (χ2n) is 4.91. The van der Waals surface area contributed by atoms with Crippen LogP contribution in [0.15, 0.2) is 54.6 Å². The zero-order valence-corrected chi connectivity index (χ0v) is 13.2. The van der Waals surface area contributed by atoms with Gasteiger partial charge in [-0.2, -0.15) is 0 Å². The van der Waals surface area contributed by atoms with E-state index in [1.807, 2.05) is 6.07 Å². The minimum atomic E-state index is -0.658. The predicted molar refractivity (Wildman–Crippen MR) is 88.0 cm³/mol. The summed E-state index contributed by atoms with van der Waals surface area (Å²) in [6, 6.07) is 15.4. The molecule has 2 aromatic rings. The van der Waals surface area contributed by atoms with Crippen molar-refractivity contribution in [2.45, 2.75) is 6.92 Å². The summed E-state index contributed by atoms with van der Waals surface area (Å²) in [7, 11) is 0. The summed E-state index contributed by atoms with van der Waals surface area (Å²) in [5, 5.41) is 2.54. The smallest absolute Gasteiger partial charge is 0.344 e. The number of ketones is 1. The van der Waals surface area contributed by atoms with Gasteiger partial charge >= 0.3 is 5.97 Å². The number of carbonyl (C=O) groups excluding carboxylic acids is 3. The maximum absolute atomic E-state index is 11.8. The van der Waals surface area contributed by atoms with Gasteiger partial charge in [0.05, 0.1) is 5.69 Å². The highest BCUT2D eigenvalue weighted by Gasteiger charge is 2.12. The Labute approximate surface area is 139 Å². The van der Waals surface area contributed by atoms with E-state index in [1.165, 1.54) is 6.92 Å². The fourth-order valence-electron chi connectivity index (χ4n) is 1.93. The molecule has 0 atom stereocenters. The Balaban J connectivity index is 1.79. The number of rotatable bonds is 7. The standard InChI is InChI=1S/C18H17NO5/c1-13(20)15-9-5-6-10-16(15)19-17(21)11-24-18(22)12-23-14-7-3-2-4-8-14/h2-10H,11-12H2,1H3,(H,19,21). The van der Waals surface area contributed by atoms with Crippen molar-refractivity contribution in [2.75, 3.05) is 18.5 Å². The third-order valence-corrected chi connectivity index (χ3v) is 3.04. The highest BCUT2D eigenvalue weighted by atomic mass is 16.6. The van der Waals surface area contributed by atoms with Crippen LogP contribution in [0.5, 0.6) is 5.75 Å². The monoisotopic (exact) mass is 327 g/mol. The van der Waals surface area contributed by atoms with Crippen LogP contribution in [0.3, 0.4) is 0 Å². The van der Waals surface area contributed by atoms with E-state index in [1.54, 1.807) is 48.5 Å². The fourth-order valence-corrected chi connectivity index (χ4v) is 1.93. The second kappa shape index (κ2) is 8.47. The third-order valence-electron chi connectivity index (χ3n) is 3.04. The normalized spacial score (nSPS) is 9.88. The van der Waals surface area contributed by atoms with Crippen molar-refractivity contribution in [3.8, 4) is 5.75 Å². The zero-order chi connectivity index (χ0) is 17.4. The van der Waals surface area contributed by atoms with Gasteiger partial charge in [-0.25, -0.2) is 4.79 Å². The average Bonchev–Trinajstić information content (AvgIpc) is 2.59. The van der Waals surface area contributed by atoms with E-state index in [2.05, 4.69) is 5.32 Å². The van der Waals surface area contributed by atoms with Crippen LogP contribution in [0, 0.1) is 0 Å².